The lowest BCUT2D eigenvalue weighted by atomic mass is 10.2. The molecule has 1 aliphatic heterocycles. The zero-order valence-corrected chi connectivity index (χ0v) is 16.2. The molecule has 2 heterocycles. The molecule has 0 saturated carbocycles. The quantitative estimate of drug-likeness (QED) is 0.781. The van der Waals surface area contributed by atoms with E-state index in [0.717, 1.165) is 40.5 Å². The molecule has 0 spiro atoms. The van der Waals surface area contributed by atoms with Crippen LogP contribution in [0.1, 0.15) is 19.5 Å². The Labute approximate surface area is 158 Å². The molecule has 1 aromatic carbocycles. The van der Waals surface area contributed by atoms with Crippen molar-refractivity contribution in [1.82, 2.24) is 14.9 Å². The fraction of sp³-hybridized carbons (Fsp3) is 0.316. The van der Waals surface area contributed by atoms with Crippen LogP contribution in [0.5, 0.6) is 0 Å². The largest absolute Gasteiger partial charge is 0.378 e. The van der Waals surface area contributed by atoms with Crippen LogP contribution in [0.3, 0.4) is 0 Å². The first-order valence-corrected chi connectivity index (χ1v) is 9.38. The van der Waals surface area contributed by atoms with Gasteiger partial charge in [-0.15, -0.1) is 0 Å². The lowest BCUT2D eigenvalue weighted by molar-refractivity contribution is -0.109. The fourth-order valence-electron chi connectivity index (χ4n) is 2.87. The van der Waals surface area contributed by atoms with Gasteiger partial charge in [0.25, 0.3) is 0 Å². The van der Waals surface area contributed by atoms with Crippen LogP contribution in [-0.4, -0.2) is 47.2 Å². The van der Waals surface area contributed by atoms with Crippen molar-refractivity contribution in [3.8, 4) is 0 Å². The topological polar surface area (TPSA) is 61.4 Å². The number of nitrogens with one attached hydrogen (secondary N) is 1. The van der Waals surface area contributed by atoms with Crippen molar-refractivity contribution < 1.29 is 4.79 Å². The molecule has 1 N–H and O–H groups in total. The summed E-state index contributed by atoms with van der Waals surface area (Å²) in [7, 11) is 4.02. The SMILES string of the molecule is CCN1C(C)=C(c2ccnc(Nc3ccc(N(C)C)cc3)n2)SC1C=O. The van der Waals surface area contributed by atoms with E-state index < -0.39 is 0 Å². The van der Waals surface area contributed by atoms with E-state index in [1.807, 2.05) is 58.3 Å². The van der Waals surface area contributed by atoms with Crippen LogP contribution in [0.2, 0.25) is 0 Å². The first-order valence-electron chi connectivity index (χ1n) is 8.50. The van der Waals surface area contributed by atoms with Gasteiger partial charge in [0.05, 0.1) is 10.6 Å². The number of carbonyl (C=O) groups excluding carboxylic acids is 1. The molecule has 26 heavy (non-hydrogen) atoms. The van der Waals surface area contributed by atoms with Gasteiger partial charge >= 0.3 is 0 Å². The zero-order chi connectivity index (χ0) is 18.7. The summed E-state index contributed by atoms with van der Waals surface area (Å²) in [5.74, 6) is 0.540. The summed E-state index contributed by atoms with van der Waals surface area (Å²) in [5, 5.41) is 3.06. The van der Waals surface area contributed by atoms with Crippen molar-refractivity contribution in [1.29, 1.82) is 0 Å². The number of likely N-dealkylation sites (N-methyl/N-ethyl adjacent to an activating group) is 1. The summed E-state index contributed by atoms with van der Waals surface area (Å²) >= 11 is 1.54. The smallest absolute Gasteiger partial charge is 0.227 e. The maximum absolute atomic E-state index is 11.3. The van der Waals surface area contributed by atoms with Gasteiger partial charge in [-0.3, -0.25) is 0 Å². The minimum absolute atomic E-state index is 0.181. The predicted octanol–water partition coefficient (Wildman–Crippen LogP) is 3.57. The zero-order valence-electron chi connectivity index (χ0n) is 15.4. The highest BCUT2D eigenvalue weighted by Gasteiger charge is 2.30. The summed E-state index contributed by atoms with van der Waals surface area (Å²) in [6.45, 7) is 4.87. The lowest BCUT2D eigenvalue weighted by Gasteiger charge is -2.21. The molecule has 7 heteroatoms. The van der Waals surface area contributed by atoms with Crippen LogP contribution in [0.4, 0.5) is 17.3 Å². The van der Waals surface area contributed by atoms with Gasteiger partial charge < -0.3 is 19.9 Å². The second-order valence-corrected chi connectivity index (χ2v) is 7.30. The van der Waals surface area contributed by atoms with Crippen LogP contribution in [0, 0.1) is 0 Å². The van der Waals surface area contributed by atoms with Crippen LogP contribution in [-0.2, 0) is 4.79 Å². The van der Waals surface area contributed by atoms with Crippen LogP contribution < -0.4 is 10.2 Å². The lowest BCUT2D eigenvalue weighted by Crippen LogP contribution is -2.28. The molecule has 1 atom stereocenters. The van der Waals surface area contributed by atoms with E-state index in [-0.39, 0.29) is 5.37 Å². The van der Waals surface area contributed by atoms with Crippen molar-refractivity contribution >= 4 is 40.3 Å². The highest BCUT2D eigenvalue weighted by atomic mass is 32.2. The molecule has 0 fully saturated rings. The molecule has 1 aromatic heterocycles. The molecule has 6 nitrogen and oxygen atoms in total. The second kappa shape index (κ2) is 7.78. The number of hydrogen-bond acceptors (Lipinski definition) is 7. The number of allylic oxidation sites excluding steroid dienone is 1. The Morgan fingerprint density at radius 1 is 1.27 bits per heavy atom. The molecule has 3 rings (SSSR count). The number of thioether (sulfide) groups is 1. The number of hydrogen-bond donors (Lipinski definition) is 1. The standard InChI is InChI=1S/C19H23N5OS/c1-5-24-13(2)18(26-17(24)12-25)16-10-11-20-19(22-16)21-14-6-8-15(9-7-14)23(3)4/h6-12,17H,5H2,1-4H3,(H,20,21,22). The molecule has 0 amide bonds. The number of rotatable bonds is 6. The summed E-state index contributed by atoms with van der Waals surface area (Å²) < 4.78 is 0. The Bertz CT molecular complexity index is 819. The molecular weight excluding hydrogens is 346 g/mol. The second-order valence-electron chi connectivity index (χ2n) is 6.18. The minimum atomic E-state index is -0.181. The van der Waals surface area contributed by atoms with Crippen molar-refractivity contribution in [3.05, 3.63) is 47.9 Å². The van der Waals surface area contributed by atoms with Crippen molar-refractivity contribution in [2.24, 2.45) is 0 Å². The number of benzene rings is 1. The van der Waals surface area contributed by atoms with Crippen molar-refractivity contribution in [2.75, 3.05) is 30.9 Å². The first kappa shape index (κ1) is 18.3. The average Bonchev–Trinajstić information content (AvgIpc) is 2.98. The highest BCUT2D eigenvalue weighted by Crippen LogP contribution is 2.42. The van der Waals surface area contributed by atoms with Gasteiger partial charge in [-0.1, -0.05) is 11.8 Å². The Morgan fingerprint density at radius 2 is 2.00 bits per heavy atom. The van der Waals surface area contributed by atoms with Gasteiger partial charge in [-0.2, -0.15) is 0 Å². The molecular formula is C19H23N5OS. The normalized spacial score (nSPS) is 16.8. The van der Waals surface area contributed by atoms with Crippen LogP contribution in [0.15, 0.2) is 42.2 Å². The summed E-state index contributed by atoms with van der Waals surface area (Å²) in [5.41, 5.74) is 3.97. The van der Waals surface area contributed by atoms with E-state index in [4.69, 9.17) is 0 Å². The fourth-order valence-corrected chi connectivity index (χ4v) is 4.13. The van der Waals surface area contributed by atoms with E-state index >= 15 is 0 Å². The molecule has 1 aliphatic rings. The third-order valence-electron chi connectivity index (χ3n) is 4.29. The van der Waals surface area contributed by atoms with Gasteiger partial charge in [-0.05, 0) is 44.2 Å². The number of aromatic nitrogens is 2. The molecule has 0 radical (unpaired) electrons. The number of carbonyl (C=O) groups is 1. The molecule has 1 unspecified atom stereocenters. The molecule has 136 valence electrons. The monoisotopic (exact) mass is 369 g/mol. The Hall–Kier alpha value is -2.54. The van der Waals surface area contributed by atoms with Gasteiger partial charge in [0.1, 0.15) is 5.37 Å². The molecule has 0 bridgehead atoms. The maximum Gasteiger partial charge on any atom is 0.227 e. The molecule has 0 aliphatic carbocycles. The summed E-state index contributed by atoms with van der Waals surface area (Å²) in [4.78, 5) is 25.5. The van der Waals surface area contributed by atoms with Gasteiger partial charge in [-0.25, -0.2) is 9.97 Å². The predicted molar refractivity (Wildman–Crippen MR) is 109 cm³/mol. The first-order chi connectivity index (χ1) is 12.5. The summed E-state index contributed by atoms with van der Waals surface area (Å²) in [6.07, 6.45) is 2.72. The van der Waals surface area contributed by atoms with E-state index in [1.54, 1.807) is 6.20 Å². The van der Waals surface area contributed by atoms with Gasteiger partial charge in [0.15, 0.2) is 6.29 Å². The third kappa shape index (κ3) is 3.67. The van der Waals surface area contributed by atoms with E-state index in [9.17, 15) is 4.79 Å². The maximum atomic E-state index is 11.3. The van der Waals surface area contributed by atoms with Crippen molar-refractivity contribution in [2.45, 2.75) is 19.2 Å². The molecule has 2 aromatic rings. The van der Waals surface area contributed by atoms with E-state index in [2.05, 4.69) is 25.1 Å². The Balaban J connectivity index is 1.82. The third-order valence-corrected chi connectivity index (χ3v) is 5.64. The van der Waals surface area contributed by atoms with Crippen LogP contribution >= 0.6 is 11.8 Å². The Morgan fingerprint density at radius 3 is 2.58 bits per heavy atom. The van der Waals surface area contributed by atoms with Crippen molar-refractivity contribution in [3.63, 3.8) is 0 Å². The van der Waals surface area contributed by atoms with Crippen LogP contribution in [0.25, 0.3) is 4.91 Å². The van der Waals surface area contributed by atoms with E-state index in [1.165, 1.54) is 11.8 Å². The van der Waals surface area contributed by atoms with Gasteiger partial charge in [0, 0.05) is 43.9 Å². The van der Waals surface area contributed by atoms with Gasteiger partial charge in [0.2, 0.25) is 5.95 Å². The Kier molecular flexibility index (Phi) is 5.46. The number of nitrogens with zero attached hydrogens (tertiary/aromatic N) is 4. The minimum Gasteiger partial charge on any atom is -0.378 e. The number of anilines is 3. The highest BCUT2D eigenvalue weighted by molar-refractivity contribution is 8.09. The summed E-state index contributed by atoms with van der Waals surface area (Å²) in [6, 6.07) is 9.97. The number of aldehydes is 1. The average molecular weight is 369 g/mol. The van der Waals surface area contributed by atoms with E-state index in [0.29, 0.717) is 5.95 Å². The molecule has 0 saturated heterocycles.